The first kappa shape index (κ1) is 18.1. The van der Waals surface area contributed by atoms with Crippen molar-refractivity contribution in [2.45, 2.75) is 0 Å². The summed E-state index contributed by atoms with van der Waals surface area (Å²) < 4.78 is 26.2. The third-order valence-corrected chi connectivity index (χ3v) is 5.14. The Bertz CT molecular complexity index is 1380. The smallest absolute Gasteiger partial charge is 0.161 e. The number of pyridine rings is 1. The average molecular weight is 399 g/mol. The lowest BCUT2D eigenvalue weighted by Crippen LogP contribution is -1.97. The third-order valence-electron chi connectivity index (χ3n) is 5.14. The highest BCUT2D eigenvalue weighted by molar-refractivity contribution is 6.08. The Morgan fingerprint density at radius 3 is 2.37 bits per heavy atom. The average Bonchev–Trinajstić information content (AvgIpc) is 3.19. The fourth-order valence-corrected chi connectivity index (χ4v) is 3.70. The van der Waals surface area contributed by atoms with Gasteiger partial charge in [0.05, 0.1) is 30.9 Å². The molecular weight excluding hydrogens is 381 g/mol. The van der Waals surface area contributed by atoms with E-state index < -0.39 is 0 Å². The predicted molar refractivity (Wildman–Crippen MR) is 115 cm³/mol. The van der Waals surface area contributed by atoms with Crippen LogP contribution in [0.15, 0.2) is 72.9 Å². The molecule has 5 nitrogen and oxygen atoms in total. The molecule has 0 saturated carbocycles. The molecule has 0 unspecified atom stereocenters. The second kappa shape index (κ2) is 7.15. The molecule has 0 radical (unpaired) electrons. The Morgan fingerprint density at radius 1 is 0.833 bits per heavy atom. The summed E-state index contributed by atoms with van der Waals surface area (Å²) in [6.07, 6.45) is 1.83. The molecule has 30 heavy (non-hydrogen) atoms. The first-order valence-electron chi connectivity index (χ1n) is 9.44. The van der Waals surface area contributed by atoms with Gasteiger partial charge < -0.3 is 9.47 Å². The van der Waals surface area contributed by atoms with Gasteiger partial charge in [0.1, 0.15) is 11.5 Å². The lowest BCUT2D eigenvalue weighted by molar-refractivity contribution is 0.355. The molecular formula is C24H18FN3O2. The summed E-state index contributed by atoms with van der Waals surface area (Å²) in [4.78, 5) is 4.62. The zero-order valence-corrected chi connectivity index (χ0v) is 16.5. The molecule has 0 aliphatic rings. The van der Waals surface area contributed by atoms with Crippen LogP contribution in [0.2, 0.25) is 0 Å². The molecule has 2 aromatic heterocycles. The van der Waals surface area contributed by atoms with Gasteiger partial charge in [-0.1, -0.05) is 18.2 Å². The van der Waals surface area contributed by atoms with Crippen molar-refractivity contribution in [1.82, 2.24) is 14.8 Å². The van der Waals surface area contributed by atoms with Crippen molar-refractivity contribution in [3.8, 4) is 28.4 Å². The van der Waals surface area contributed by atoms with Gasteiger partial charge in [-0.2, -0.15) is 5.10 Å². The quantitative estimate of drug-likeness (QED) is 0.406. The molecule has 6 heteroatoms. The molecule has 148 valence electrons. The van der Waals surface area contributed by atoms with Gasteiger partial charge in [-0.15, -0.1) is 0 Å². The van der Waals surface area contributed by atoms with E-state index in [1.807, 2.05) is 53.3 Å². The van der Waals surface area contributed by atoms with Crippen molar-refractivity contribution in [3.05, 3.63) is 78.7 Å². The van der Waals surface area contributed by atoms with E-state index in [-0.39, 0.29) is 5.82 Å². The van der Waals surface area contributed by atoms with Crippen molar-refractivity contribution in [3.63, 3.8) is 0 Å². The normalized spacial score (nSPS) is 11.2. The Kier molecular flexibility index (Phi) is 4.32. The van der Waals surface area contributed by atoms with Crippen molar-refractivity contribution in [2.75, 3.05) is 14.2 Å². The van der Waals surface area contributed by atoms with Crippen LogP contribution in [0.25, 0.3) is 38.8 Å². The Labute approximate surface area is 172 Å². The van der Waals surface area contributed by atoms with Crippen molar-refractivity contribution < 1.29 is 13.9 Å². The number of rotatable bonds is 4. The number of aromatic nitrogens is 3. The van der Waals surface area contributed by atoms with Gasteiger partial charge in [0.15, 0.2) is 11.5 Å². The molecule has 0 bridgehead atoms. The fourth-order valence-electron chi connectivity index (χ4n) is 3.70. The van der Waals surface area contributed by atoms with Gasteiger partial charge in [-0.05, 0) is 48.5 Å². The molecule has 0 fully saturated rings. The van der Waals surface area contributed by atoms with Crippen LogP contribution < -0.4 is 9.47 Å². The van der Waals surface area contributed by atoms with Crippen LogP contribution in [-0.4, -0.2) is 29.0 Å². The summed E-state index contributed by atoms with van der Waals surface area (Å²) in [6, 6.07) is 19.9. The van der Waals surface area contributed by atoms with Crippen LogP contribution in [-0.2, 0) is 0 Å². The summed E-state index contributed by atoms with van der Waals surface area (Å²) in [7, 11) is 3.21. The van der Waals surface area contributed by atoms with Gasteiger partial charge >= 0.3 is 0 Å². The van der Waals surface area contributed by atoms with Gasteiger partial charge in [0, 0.05) is 22.5 Å². The summed E-state index contributed by atoms with van der Waals surface area (Å²) in [5, 5.41) is 6.76. The summed E-state index contributed by atoms with van der Waals surface area (Å²) in [6.45, 7) is 0. The number of ether oxygens (including phenoxy) is 2. The number of nitrogens with zero attached hydrogens (tertiary/aromatic N) is 3. The van der Waals surface area contributed by atoms with E-state index in [4.69, 9.17) is 14.6 Å². The maximum Gasteiger partial charge on any atom is 0.161 e. The van der Waals surface area contributed by atoms with E-state index in [0.29, 0.717) is 11.5 Å². The zero-order chi connectivity index (χ0) is 20.7. The first-order valence-corrected chi connectivity index (χ1v) is 9.44. The summed E-state index contributed by atoms with van der Waals surface area (Å²) in [5.74, 6) is 0.974. The van der Waals surface area contributed by atoms with Crippen molar-refractivity contribution >= 4 is 21.8 Å². The second-order valence-electron chi connectivity index (χ2n) is 6.84. The maximum atomic E-state index is 13.5. The van der Waals surface area contributed by atoms with Crippen molar-refractivity contribution in [1.29, 1.82) is 0 Å². The third kappa shape index (κ3) is 2.85. The summed E-state index contributed by atoms with van der Waals surface area (Å²) in [5.41, 5.74) is 4.18. The van der Waals surface area contributed by atoms with E-state index in [9.17, 15) is 4.39 Å². The first-order chi connectivity index (χ1) is 14.7. The minimum absolute atomic E-state index is 0.290. The Morgan fingerprint density at radius 2 is 1.60 bits per heavy atom. The van der Waals surface area contributed by atoms with Gasteiger partial charge in [-0.25, -0.2) is 9.07 Å². The van der Waals surface area contributed by atoms with Crippen LogP contribution >= 0.6 is 0 Å². The highest BCUT2D eigenvalue weighted by Crippen LogP contribution is 2.37. The van der Waals surface area contributed by atoms with E-state index in [0.717, 1.165) is 38.8 Å². The molecule has 0 spiro atoms. The van der Waals surface area contributed by atoms with E-state index >= 15 is 0 Å². The zero-order valence-electron chi connectivity index (χ0n) is 16.5. The van der Waals surface area contributed by atoms with Gasteiger partial charge in [0.2, 0.25) is 0 Å². The lowest BCUT2D eigenvalue weighted by Gasteiger charge is -2.08. The van der Waals surface area contributed by atoms with Crippen molar-refractivity contribution in [2.24, 2.45) is 0 Å². The Hall–Kier alpha value is -3.93. The highest BCUT2D eigenvalue weighted by Gasteiger charge is 2.18. The monoisotopic (exact) mass is 399 g/mol. The number of methoxy groups -OCH3 is 2. The number of para-hydroxylation sites is 1. The molecule has 5 aromatic rings. The van der Waals surface area contributed by atoms with Crippen LogP contribution in [0.1, 0.15) is 0 Å². The van der Waals surface area contributed by atoms with Crippen LogP contribution in [0, 0.1) is 5.82 Å². The second-order valence-corrected chi connectivity index (χ2v) is 6.84. The highest BCUT2D eigenvalue weighted by atomic mass is 19.1. The number of hydrogen-bond acceptors (Lipinski definition) is 4. The molecule has 0 aliphatic heterocycles. The number of fused-ring (bicyclic) bond motifs is 3. The van der Waals surface area contributed by atoms with Crippen LogP contribution in [0.4, 0.5) is 4.39 Å². The molecule has 0 atom stereocenters. The Balaban J connectivity index is 1.84. The van der Waals surface area contributed by atoms with Crippen LogP contribution in [0.3, 0.4) is 0 Å². The van der Waals surface area contributed by atoms with Gasteiger partial charge in [0.25, 0.3) is 0 Å². The standard InChI is InChI=1S/C24H18FN3O2/c1-29-21-12-7-15(13-22(21)30-2)23-19-14-26-20-6-4-3-5-18(20)24(19)28(27-23)17-10-8-16(25)9-11-17/h3-14H,1-2H3. The van der Waals surface area contributed by atoms with E-state index in [2.05, 4.69) is 4.98 Å². The lowest BCUT2D eigenvalue weighted by atomic mass is 10.1. The minimum Gasteiger partial charge on any atom is -0.493 e. The van der Waals surface area contributed by atoms with E-state index in [1.54, 1.807) is 26.4 Å². The SMILES string of the molecule is COc1ccc(-c2nn(-c3ccc(F)cc3)c3c2cnc2ccccc23)cc1OC. The molecule has 2 heterocycles. The predicted octanol–water partition coefficient (Wildman–Crippen LogP) is 5.40. The number of benzene rings is 3. The summed E-state index contributed by atoms with van der Waals surface area (Å²) >= 11 is 0. The molecule has 0 aliphatic carbocycles. The molecule has 0 amide bonds. The molecule has 3 aromatic carbocycles. The minimum atomic E-state index is -0.290. The van der Waals surface area contributed by atoms with Crippen LogP contribution in [0.5, 0.6) is 11.5 Å². The number of hydrogen-bond donors (Lipinski definition) is 0. The van der Waals surface area contributed by atoms with Gasteiger partial charge in [-0.3, -0.25) is 4.98 Å². The molecule has 5 rings (SSSR count). The van der Waals surface area contributed by atoms with E-state index in [1.165, 1.54) is 12.1 Å². The molecule has 0 saturated heterocycles. The molecule has 0 N–H and O–H groups in total. The maximum absolute atomic E-state index is 13.5. The topological polar surface area (TPSA) is 49.2 Å². The number of halogens is 1. The largest absolute Gasteiger partial charge is 0.493 e. The fraction of sp³-hybridized carbons (Fsp3) is 0.0833.